The van der Waals surface area contributed by atoms with Crippen molar-refractivity contribution in [3.05, 3.63) is 94.8 Å². The first-order chi connectivity index (χ1) is 17.1. The molecule has 2 aromatic heterocycles. The minimum Gasteiger partial charge on any atom is -0.358 e. The molecule has 0 aliphatic carbocycles. The Kier molecular flexibility index (Phi) is 7.37. The summed E-state index contributed by atoms with van der Waals surface area (Å²) < 4.78 is 0. The van der Waals surface area contributed by atoms with Crippen LogP contribution in [0.1, 0.15) is 16.7 Å². The third-order valence-electron chi connectivity index (χ3n) is 5.50. The van der Waals surface area contributed by atoms with Gasteiger partial charge in [0.25, 0.3) is 0 Å². The molecule has 0 spiro atoms. The van der Waals surface area contributed by atoms with E-state index < -0.39 is 0 Å². The maximum absolute atomic E-state index is 6.26. The molecule has 35 heavy (non-hydrogen) atoms. The van der Waals surface area contributed by atoms with E-state index in [-0.39, 0.29) is 0 Å². The molecule has 0 amide bonds. The van der Waals surface area contributed by atoms with Gasteiger partial charge in [0.05, 0.1) is 0 Å². The van der Waals surface area contributed by atoms with E-state index in [4.69, 9.17) is 28.8 Å². The highest BCUT2D eigenvalue weighted by molar-refractivity contribution is 7.99. The van der Waals surface area contributed by atoms with Gasteiger partial charge >= 0.3 is 0 Å². The molecule has 1 aliphatic rings. The zero-order chi connectivity index (χ0) is 24.0. The van der Waals surface area contributed by atoms with Crippen LogP contribution in [0, 0.1) is 0 Å². The topological polar surface area (TPSA) is 78.9 Å². The summed E-state index contributed by atoms with van der Waals surface area (Å²) in [5.74, 6) is 1.24. The van der Waals surface area contributed by atoms with E-state index in [0.717, 1.165) is 35.9 Å². The van der Waals surface area contributed by atoms with Crippen LogP contribution in [0.2, 0.25) is 5.02 Å². The van der Waals surface area contributed by atoms with Crippen molar-refractivity contribution < 1.29 is 0 Å². The highest BCUT2D eigenvalue weighted by Gasteiger charge is 2.19. The van der Waals surface area contributed by atoms with E-state index in [2.05, 4.69) is 54.8 Å². The number of halogens is 1. The van der Waals surface area contributed by atoms with Crippen LogP contribution in [-0.4, -0.2) is 31.6 Å². The van der Waals surface area contributed by atoms with Crippen molar-refractivity contribution in [2.75, 3.05) is 16.8 Å². The molecule has 0 unspecified atom stereocenters. The molecule has 2 N–H and O–H groups in total. The molecule has 176 valence electrons. The summed E-state index contributed by atoms with van der Waals surface area (Å²) in [6.45, 7) is 2.15. The van der Waals surface area contributed by atoms with Crippen LogP contribution in [-0.2, 0) is 19.5 Å². The van der Waals surface area contributed by atoms with E-state index in [9.17, 15) is 0 Å². The molecule has 7 nitrogen and oxygen atoms in total. The summed E-state index contributed by atoms with van der Waals surface area (Å²) in [7, 11) is 0. The highest BCUT2D eigenvalue weighted by Crippen LogP contribution is 2.29. The number of fused-ring (bicyclic) bond motifs is 1. The number of benzene rings is 2. The number of hydrogen-bond acceptors (Lipinski definition) is 7. The van der Waals surface area contributed by atoms with Gasteiger partial charge in [-0.1, -0.05) is 54.1 Å². The number of nitrogens with zero attached hydrogens (tertiary/aromatic N) is 5. The summed E-state index contributed by atoms with van der Waals surface area (Å²) in [6, 6.07) is 19.9. The summed E-state index contributed by atoms with van der Waals surface area (Å²) in [4.78, 5) is 20.3. The average molecular weight is 520 g/mol. The van der Waals surface area contributed by atoms with Gasteiger partial charge in [0.15, 0.2) is 10.3 Å². The van der Waals surface area contributed by atoms with Gasteiger partial charge in [-0.3, -0.25) is 0 Å². The lowest BCUT2D eigenvalue weighted by Crippen LogP contribution is -2.32. The molecule has 0 saturated heterocycles. The first-order valence-corrected chi connectivity index (χ1v) is 12.7. The molecule has 3 heterocycles. The fraction of sp³-hybridized carbons (Fsp3) is 0.160. The first-order valence-electron chi connectivity index (χ1n) is 11.1. The van der Waals surface area contributed by atoms with Gasteiger partial charge in [-0.2, -0.15) is 4.98 Å². The van der Waals surface area contributed by atoms with Crippen LogP contribution in [0.3, 0.4) is 0 Å². The Morgan fingerprint density at radius 2 is 1.77 bits per heavy atom. The zero-order valence-corrected chi connectivity index (χ0v) is 21.1. The lowest BCUT2D eigenvalue weighted by molar-refractivity contribution is 0.717. The number of anilines is 2. The van der Waals surface area contributed by atoms with Gasteiger partial charge in [0.1, 0.15) is 10.8 Å². The second-order valence-corrected chi connectivity index (χ2v) is 9.66. The number of aromatic nitrogens is 4. The largest absolute Gasteiger partial charge is 0.358 e. The van der Waals surface area contributed by atoms with Crippen molar-refractivity contribution in [2.45, 2.75) is 29.7 Å². The highest BCUT2D eigenvalue weighted by atomic mass is 35.5. The molecule has 5 rings (SSSR count). The quantitative estimate of drug-likeness (QED) is 0.205. The van der Waals surface area contributed by atoms with Gasteiger partial charge in [-0.25, -0.2) is 15.0 Å². The Labute approximate surface area is 218 Å². The molecule has 10 heteroatoms. The predicted molar refractivity (Wildman–Crippen MR) is 144 cm³/mol. The number of rotatable bonds is 6. The monoisotopic (exact) mass is 519 g/mol. The fourth-order valence-electron chi connectivity index (χ4n) is 3.77. The molecule has 2 aromatic carbocycles. The number of nitrogens with one attached hydrogen (secondary N) is 2. The van der Waals surface area contributed by atoms with E-state index >= 15 is 0 Å². The van der Waals surface area contributed by atoms with Crippen LogP contribution in [0.15, 0.2) is 83.2 Å². The molecule has 0 fully saturated rings. The van der Waals surface area contributed by atoms with Crippen molar-refractivity contribution in [3.8, 4) is 0 Å². The maximum atomic E-state index is 6.26. The maximum Gasteiger partial charge on any atom is 0.232 e. The number of thiocarbonyl (C=S) groups is 1. The molecular formula is C25H22ClN7S2. The third-order valence-corrected chi connectivity index (χ3v) is 6.93. The molecule has 0 atom stereocenters. The fourth-order valence-corrected chi connectivity index (χ4v) is 4.85. The lowest BCUT2D eigenvalue weighted by atomic mass is 10.00. The lowest BCUT2D eigenvalue weighted by Gasteiger charge is -2.30. The van der Waals surface area contributed by atoms with E-state index in [1.807, 2.05) is 30.3 Å². The molecule has 0 radical (unpaired) electrons. The number of hydrogen-bond donors (Lipinski definition) is 2. The van der Waals surface area contributed by atoms with Crippen molar-refractivity contribution in [1.29, 1.82) is 0 Å². The second-order valence-electron chi connectivity index (χ2n) is 7.86. The van der Waals surface area contributed by atoms with Gasteiger partial charge in [0, 0.05) is 43.1 Å². The Morgan fingerprint density at radius 3 is 2.60 bits per heavy atom. The predicted octanol–water partition coefficient (Wildman–Crippen LogP) is 5.12. The Hall–Kier alpha value is -3.27. The minimum absolute atomic E-state index is 0.413. The second kappa shape index (κ2) is 11.0. The van der Waals surface area contributed by atoms with Crippen molar-refractivity contribution in [2.24, 2.45) is 0 Å². The van der Waals surface area contributed by atoms with E-state index in [0.29, 0.717) is 27.8 Å². The zero-order valence-electron chi connectivity index (χ0n) is 18.7. The molecular weight excluding hydrogens is 498 g/mol. The third kappa shape index (κ3) is 6.05. The van der Waals surface area contributed by atoms with Crippen LogP contribution >= 0.6 is 35.6 Å². The average Bonchev–Trinajstić information content (AvgIpc) is 2.88. The molecule has 0 bridgehead atoms. The summed E-state index contributed by atoms with van der Waals surface area (Å²) in [6.07, 6.45) is 4.39. The van der Waals surface area contributed by atoms with E-state index in [1.165, 1.54) is 22.9 Å². The van der Waals surface area contributed by atoms with Crippen LogP contribution < -0.4 is 15.5 Å². The van der Waals surface area contributed by atoms with Crippen LogP contribution in [0.25, 0.3) is 0 Å². The standard InChI is InChI=1S/C25H22ClN7S2/c26-20-9-4-3-7-18(20)15-29-24(34)32-23-30-21(14-22(31-23)35-25-27-11-5-12-28-25)33-13-10-17-6-1-2-8-19(17)16-33/h1-9,11-12,14H,10,13,15-16H2,(H2,29,30,31,32,34). The van der Waals surface area contributed by atoms with Gasteiger partial charge in [-0.15, -0.1) is 0 Å². The molecule has 4 aromatic rings. The summed E-state index contributed by atoms with van der Waals surface area (Å²) in [5, 5.41) is 8.76. The van der Waals surface area contributed by atoms with Crippen molar-refractivity contribution in [3.63, 3.8) is 0 Å². The Balaban J connectivity index is 1.36. The Morgan fingerprint density at radius 1 is 1.00 bits per heavy atom. The first kappa shape index (κ1) is 23.5. The van der Waals surface area contributed by atoms with Gasteiger partial charge < -0.3 is 15.5 Å². The molecule has 1 aliphatic heterocycles. The summed E-state index contributed by atoms with van der Waals surface area (Å²) >= 11 is 13.2. The molecule has 0 saturated carbocycles. The van der Waals surface area contributed by atoms with Gasteiger partial charge in [-0.05, 0) is 59.2 Å². The normalized spacial score (nSPS) is 12.7. The van der Waals surface area contributed by atoms with Crippen LogP contribution in [0.4, 0.5) is 11.8 Å². The van der Waals surface area contributed by atoms with Crippen molar-refractivity contribution >= 4 is 52.5 Å². The van der Waals surface area contributed by atoms with Crippen LogP contribution in [0.5, 0.6) is 0 Å². The smallest absolute Gasteiger partial charge is 0.232 e. The van der Waals surface area contributed by atoms with E-state index in [1.54, 1.807) is 18.5 Å². The van der Waals surface area contributed by atoms with Gasteiger partial charge in [0.2, 0.25) is 5.95 Å². The Bertz CT molecular complexity index is 1340. The summed E-state index contributed by atoms with van der Waals surface area (Å²) in [5.41, 5.74) is 3.65. The minimum atomic E-state index is 0.413. The SMILES string of the molecule is S=C(NCc1ccccc1Cl)Nc1nc(Sc2ncccn2)cc(N2CCc3ccccc3C2)n1. The van der Waals surface area contributed by atoms with Crippen molar-refractivity contribution in [1.82, 2.24) is 25.3 Å².